The van der Waals surface area contributed by atoms with E-state index in [2.05, 4.69) is 10.0 Å². The summed E-state index contributed by atoms with van der Waals surface area (Å²) in [5.74, 6) is -1.25. The van der Waals surface area contributed by atoms with Crippen LogP contribution in [0.4, 0.5) is 14.5 Å². The van der Waals surface area contributed by atoms with Crippen LogP contribution >= 0.6 is 0 Å². The molecule has 0 bridgehead atoms. The third-order valence-corrected chi connectivity index (χ3v) is 4.71. The van der Waals surface area contributed by atoms with Crippen LogP contribution in [0.25, 0.3) is 0 Å². The van der Waals surface area contributed by atoms with Crippen molar-refractivity contribution in [2.45, 2.75) is 19.3 Å². The van der Waals surface area contributed by atoms with Gasteiger partial charge in [-0.05, 0) is 50.4 Å². The Labute approximate surface area is 117 Å². The van der Waals surface area contributed by atoms with E-state index in [0.717, 1.165) is 38.1 Å². The van der Waals surface area contributed by atoms with Crippen molar-refractivity contribution in [3.05, 3.63) is 29.8 Å². The Morgan fingerprint density at radius 3 is 2.35 bits per heavy atom. The molecule has 7 heteroatoms. The smallest absolute Gasteiger partial charge is 0.232 e. The molecule has 1 fully saturated rings. The number of benzene rings is 1. The molecule has 0 amide bonds. The molecule has 1 aromatic rings. The van der Waals surface area contributed by atoms with E-state index in [0.29, 0.717) is 18.4 Å². The highest BCUT2D eigenvalue weighted by Crippen LogP contribution is 2.19. The zero-order chi connectivity index (χ0) is 14.6. The third kappa shape index (κ3) is 4.72. The lowest BCUT2D eigenvalue weighted by molar-refractivity contribution is 0.365. The zero-order valence-electron chi connectivity index (χ0n) is 11.0. The second-order valence-electron chi connectivity index (χ2n) is 5.06. The van der Waals surface area contributed by atoms with E-state index in [4.69, 9.17) is 0 Å². The van der Waals surface area contributed by atoms with Gasteiger partial charge in [0.15, 0.2) is 0 Å². The predicted octanol–water partition coefficient (Wildman–Crippen LogP) is 2.10. The molecule has 0 radical (unpaired) electrons. The van der Waals surface area contributed by atoms with E-state index in [9.17, 15) is 17.2 Å². The van der Waals surface area contributed by atoms with Crippen LogP contribution in [0.3, 0.4) is 0 Å². The van der Waals surface area contributed by atoms with Crippen molar-refractivity contribution >= 4 is 15.7 Å². The summed E-state index contributed by atoms with van der Waals surface area (Å²) in [7, 11) is -3.57. The van der Waals surface area contributed by atoms with Crippen molar-refractivity contribution in [3.63, 3.8) is 0 Å². The minimum absolute atomic E-state index is 0.0319. The van der Waals surface area contributed by atoms with Crippen molar-refractivity contribution < 1.29 is 17.2 Å². The molecule has 0 aliphatic carbocycles. The Balaban J connectivity index is 1.92. The standard InChI is InChI=1S/C13H18F2N2O2S/c14-11-7-12(15)9-13(8-11)17-20(18,19)6-3-10-1-4-16-5-2-10/h7-10,16-17H,1-6H2. The van der Waals surface area contributed by atoms with Crippen molar-refractivity contribution in [1.82, 2.24) is 5.32 Å². The summed E-state index contributed by atoms with van der Waals surface area (Å²) < 4.78 is 52.0. The lowest BCUT2D eigenvalue weighted by atomic mass is 9.96. The fourth-order valence-electron chi connectivity index (χ4n) is 2.34. The van der Waals surface area contributed by atoms with Gasteiger partial charge in [0.25, 0.3) is 0 Å². The minimum atomic E-state index is -3.57. The average Bonchev–Trinajstić information content (AvgIpc) is 2.36. The molecule has 0 saturated carbocycles. The van der Waals surface area contributed by atoms with Crippen LogP contribution in [-0.4, -0.2) is 27.3 Å². The number of sulfonamides is 1. The Bertz CT molecular complexity index is 537. The highest BCUT2D eigenvalue weighted by Gasteiger charge is 2.18. The quantitative estimate of drug-likeness (QED) is 0.876. The van der Waals surface area contributed by atoms with E-state index in [1.54, 1.807) is 0 Å². The topological polar surface area (TPSA) is 58.2 Å². The summed E-state index contributed by atoms with van der Waals surface area (Å²) in [6.07, 6.45) is 2.49. The molecule has 0 atom stereocenters. The first-order chi connectivity index (χ1) is 9.44. The van der Waals surface area contributed by atoms with Gasteiger partial charge in [-0.25, -0.2) is 17.2 Å². The Morgan fingerprint density at radius 2 is 1.75 bits per heavy atom. The number of rotatable bonds is 5. The van der Waals surface area contributed by atoms with Gasteiger partial charge in [-0.15, -0.1) is 0 Å². The molecule has 1 aliphatic heterocycles. The Kier molecular flexibility index (Phi) is 4.93. The van der Waals surface area contributed by atoms with Gasteiger partial charge in [-0.3, -0.25) is 4.72 Å². The highest BCUT2D eigenvalue weighted by atomic mass is 32.2. The van der Waals surface area contributed by atoms with Crippen LogP contribution in [0.5, 0.6) is 0 Å². The van der Waals surface area contributed by atoms with Gasteiger partial charge in [0.2, 0.25) is 10.0 Å². The summed E-state index contributed by atoms with van der Waals surface area (Å²) in [5, 5.41) is 3.22. The minimum Gasteiger partial charge on any atom is -0.317 e. The van der Waals surface area contributed by atoms with Crippen LogP contribution in [0.1, 0.15) is 19.3 Å². The SMILES string of the molecule is O=S(=O)(CCC1CCNCC1)Nc1cc(F)cc(F)c1. The number of anilines is 1. The molecular formula is C13H18F2N2O2S. The van der Waals surface area contributed by atoms with Crippen molar-refractivity contribution in [2.75, 3.05) is 23.6 Å². The molecule has 0 unspecified atom stereocenters. The summed E-state index contributed by atoms with van der Waals surface area (Å²) in [5.41, 5.74) is -0.0761. The van der Waals surface area contributed by atoms with Crippen molar-refractivity contribution in [2.24, 2.45) is 5.92 Å². The van der Waals surface area contributed by atoms with Gasteiger partial charge in [0.05, 0.1) is 11.4 Å². The second-order valence-corrected chi connectivity index (χ2v) is 6.90. The monoisotopic (exact) mass is 304 g/mol. The Hall–Kier alpha value is -1.21. The number of hydrogen-bond donors (Lipinski definition) is 2. The molecule has 1 saturated heterocycles. The van der Waals surface area contributed by atoms with E-state index in [1.807, 2.05) is 0 Å². The van der Waals surface area contributed by atoms with E-state index >= 15 is 0 Å². The van der Waals surface area contributed by atoms with Gasteiger partial charge >= 0.3 is 0 Å². The zero-order valence-corrected chi connectivity index (χ0v) is 11.8. The van der Waals surface area contributed by atoms with Gasteiger partial charge in [-0.2, -0.15) is 0 Å². The molecule has 20 heavy (non-hydrogen) atoms. The van der Waals surface area contributed by atoms with Crippen LogP contribution in [0, 0.1) is 17.6 Å². The lowest BCUT2D eigenvalue weighted by Crippen LogP contribution is -2.29. The van der Waals surface area contributed by atoms with Gasteiger partial charge in [0, 0.05) is 6.07 Å². The van der Waals surface area contributed by atoms with Crippen LogP contribution < -0.4 is 10.0 Å². The fraction of sp³-hybridized carbons (Fsp3) is 0.538. The molecule has 2 rings (SSSR count). The number of hydrogen-bond acceptors (Lipinski definition) is 3. The maximum atomic E-state index is 13.0. The van der Waals surface area contributed by atoms with Gasteiger partial charge < -0.3 is 5.32 Å². The summed E-state index contributed by atoms with van der Waals surface area (Å²) in [4.78, 5) is 0. The van der Waals surface area contributed by atoms with Crippen LogP contribution in [0.2, 0.25) is 0 Å². The Morgan fingerprint density at radius 1 is 1.15 bits per heavy atom. The lowest BCUT2D eigenvalue weighted by Gasteiger charge is -2.22. The molecule has 1 heterocycles. The van der Waals surface area contributed by atoms with Gasteiger partial charge in [-0.1, -0.05) is 0 Å². The summed E-state index contributed by atoms with van der Waals surface area (Å²) in [6, 6.07) is 2.63. The van der Waals surface area contributed by atoms with E-state index in [-0.39, 0.29) is 11.4 Å². The predicted molar refractivity (Wildman–Crippen MR) is 74.0 cm³/mol. The molecule has 112 valence electrons. The molecule has 4 nitrogen and oxygen atoms in total. The average molecular weight is 304 g/mol. The molecular weight excluding hydrogens is 286 g/mol. The first-order valence-corrected chi connectivity index (χ1v) is 8.27. The summed E-state index contributed by atoms with van der Waals surface area (Å²) >= 11 is 0. The second kappa shape index (κ2) is 6.49. The molecule has 1 aromatic carbocycles. The van der Waals surface area contributed by atoms with E-state index < -0.39 is 21.7 Å². The number of nitrogens with one attached hydrogen (secondary N) is 2. The molecule has 1 aliphatic rings. The molecule has 0 spiro atoms. The molecule has 2 N–H and O–H groups in total. The maximum absolute atomic E-state index is 13.0. The van der Waals surface area contributed by atoms with E-state index in [1.165, 1.54) is 0 Å². The van der Waals surface area contributed by atoms with Crippen molar-refractivity contribution in [1.29, 1.82) is 0 Å². The van der Waals surface area contributed by atoms with Crippen LogP contribution in [0.15, 0.2) is 18.2 Å². The number of piperidine rings is 1. The first-order valence-electron chi connectivity index (χ1n) is 6.62. The summed E-state index contributed by atoms with van der Waals surface area (Å²) in [6.45, 7) is 1.82. The third-order valence-electron chi connectivity index (χ3n) is 3.39. The van der Waals surface area contributed by atoms with Crippen molar-refractivity contribution in [3.8, 4) is 0 Å². The maximum Gasteiger partial charge on any atom is 0.232 e. The normalized spacial score (nSPS) is 17.1. The number of halogens is 2. The van der Waals surface area contributed by atoms with Crippen LogP contribution in [-0.2, 0) is 10.0 Å². The fourth-order valence-corrected chi connectivity index (χ4v) is 3.56. The van der Waals surface area contributed by atoms with Gasteiger partial charge in [0.1, 0.15) is 11.6 Å². The molecule has 0 aromatic heterocycles. The highest BCUT2D eigenvalue weighted by molar-refractivity contribution is 7.92. The largest absolute Gasteiger partial charge is 0.317 e. The first kappa shape index (κ1) is 15.2.